The summed E-state index contributed by atoms with van der Waals surface area (Å²) < 4.78 is 80.2. The van der Waals surface area contributed by atoms with Crippen molar-refractivity contribution in [3.05, 3.63) is 65.2 Å². The highest BCUT2D eigenvalue weighted by Crippen LogP contribution is 2.21. The van der Waals surface area contributed by atoms with E-state index in [-0.39, 0.29) is 64.5 Å². The van der Waals surface area contributed by atoms with Crippen molar-refractivity contribution in [2.24, 2.45) is 0 Å². The summed E-state index contributed by atoms with van der Waals surface area (Å²) in [6.07, 6.45) is -6.27. The Morgan fingerprint density at radius 3 is 2.40 bits per heavy atom. The van der Waals surface area contributed by atoms with Crippen LogP contribution in [0.4, 0.5) is 26.7 Å². The molecule has 2 N–H and O–H groups in total. The molecular weight excluding hydrogens is 543 g/mol. The zero-order valence-electron chi connectivity index (χ0n) is 22.0. The van der Waals surface area contributed by atoms with Crippen molar-refractivity contribution >= 4 is 12.0 Å². The normalized spacial score (nSPS) is 12.2. The standard InChI is InChI=1S/C27H33F5N2O6/c1-2-39-24(25(35)36)16-19-4-8-22(9-5-19)40-14-11-33-26(37)34(12-15-38-13-3-10-27(30,31)32)18-20-6-7-21(28)17-23(20)29/h4-9,17,24H,2-3,10-16,18H2,1H3,(H,33,37)(H,35,36). The largest absolute Gasteiger partial charge is 0.492 e. The van der Waals surface area contributed by atoms with Crippen LogP contribution in [0.1, 0.15) is 30.9 Å². The van der Waals surface area contributed by atoms with Crippen LogP contribution in [-0.4, -0.2) is 73.8 Å². The molecule has 2 amide bonds. The van der Waals surface area contributed by atoms with E-state index < -0.39 is 42.3 Å². The molecule has 40 heavy (non-hydrogen) atoms. The molecule has 0 aliphatic carbocycles. The summed E-state index contributed by atoms with van der Waals surface area (Å²) in [5.74, 6) is -2.18. The topological polar surface area (TPSA) is 97.3 Å². The lowest BCUT2D eigenvalue weighted by Gasteiger charge is -2.23. The van der Waals surface area contributed by atoms with E-state index in [9.17, 15) is 36.6 Å². The second-order valence-electron chi connectivity index (χ2n) is 8.70. The molecule has 2 aromatic rings. The van der Waals surface area contributed by atoms with Crippen molar-refractivity contribution < 1.29 is 50.9 Å². The molecule has 0 fully saturated rings. The van der Waals surface area contributed by atoms with E-state index in [1.54, 1.807) is 31.2 Å². The third kappa shape index (κ3) is 12.6. The van der Waals surface area contributed by atoms with Crippen LogP contribution < -0.4 is 10.1 Å². The minimum Gasteiger partial charge on any atom is -0.492 e. The summed E-state index contributed by atoms with van der Waals surface area (Å²) in [6.45, 7) is 1.63. The number of carboxylic acid groups (broad SMARTS) is 1. The Bertz CT molecular complexity index is 1070. The van der Waals surface area contributed by atoms with E-state index in [4.69, 9.17) is 14.2 Å². The summed E-state index contributed by atoms with van der Waals surface area (Å²) >= 11 is 0. The number of halogens is 5. The van der Waals surface area contributed by atoms with Gasteiger partial charge in [0.25, 0.3) is 0 Å². The van der Waals surface area contributed by atoms with Gasteiger partial charge in [-0.05, 0) is 37.1 Å². The number of nitrogens with zero attached hydrogens (tertiary/aromatic N) is 1. The number of alkyl halides is 3. The molecular formula is C27H33F5N2O6. The van der Waals surface area contributed by atoms with Gasteiger partial charge in [-0.3, -0.25) is 0 Å². The summed E-state index contributed by atoms with van der Waals surface area (Å²) in [4.78, 5) is 25.2. The van der Waals surface area contributed by atoms with Crippen molar-refractivity contribution in [3.8, 4) is 5.75 Å². The number of rotatable bonds is 17. The average molecular weight is 577 g/mol. The predicted molar refractivity (Wildman–Crippen MR) is 135 cm³/mol. The van der Waals surface area contributed by atoms with Crippen molar-refractivity contribution in [3.63, 3.8) is 0 Å². The molecule has 1 atom stereocenters. The van der Waals surface area contributed by atoms with Gasteiger partial charge in [0.1, 0.15) is 24.0 Å². The van der Waals surface area contributed by atoms with E-state index in [0.717, 1.165) is 11.6 Å². The van der Waals surface area contributed by atoms with Crippen LogP contribution in [0.2, 0.25) is 0 Å². The van der Waals surface area contributed by atoms with Crippen LogP contribution >= 0.6 is 0 Å². The molecule has 0 saturated carbocycles. The third-order valence-corrected chi connectivity index (χ3v) is 5.55. The molecule has 0 heterocycles. The number of nitrogens with one attached hydrogen (secondary N) is 1. The molecule has 2 rings (SSSR count). The number of carbonyl (C=O) groups is 2. The van der Waals surface area contributed by atoms with Crippen molar-refractivity contribution in [2.45, 2.75) is 45.0 Å². The zero-order chi connectivity index (χ0) is 29.5. The van der Waals surface area contributed by atoms with Crippen molar-refractivity contribution in [1.82, 2.24) is 10.2 Å². The molecule has 1 unspecified atom stereocenters. The summed E-state index contributed by atoms with van der Waals surface area (Å²) in [6, 6.07) is 9.07. The minimum absolute atomic E-state index is 0.0456. The summed E-state index contributed by atoms with van der Waals surface area (Å²) in [5, 5.41) is 11.8. The number of amides is 2. The first-order valence-electron chi connectivity index (χ1n) is 12.7. The Kier molecular flexibility index (Phi) is 13.6. The molecule has 0 aliphatic rings. The second kappa shape index (κ2) is 16.6. The van der Waals surface area contributed by atoms with Gasteiger partial charge in [-0.1, -0.05) is 18.2 Å². The van der Waals surface area contributed by atoms with Crippen LogP contribution in [0.5, 0.6) is 5.75 Å². The molecule has 13 heteroatoms. The number of urea groups is 1. The third-order valence-electron chi connectivity index (χ3n) is 5.55. The highest BCUT2D eigenvalue weighted by molar-refractivity contribution is 5.74. The number of hydrogen-bond acceptors (Lipinski definition) is 5. The smallest absolute Gasteiger partial charge is 0.389 e. The predicted octanol–water partition coefficient (Wildman–Crippen LogP) is 4.95. The molecule has 0 bridgehead atoms. The monoisotopic (exact) mass is 576 g/mol. The first kappa shape index (κ1) is 32.8. The first-order chi connectivity index (χ1) is 19.0. The van der Waals surface area contributed by atoms with Gasteiger partial charge in [0.05, 0.1) is 19.7 Å². The van der Waals surface area contributed by atoms with Gasteiger partial charge in [-0.2, -0.15) is 13.2 Å². The number of aliphatic carboxylic acids is 1. The van der Waals surface area contributed by atoms with Gasteiger partial charge in [0.2, 0.25) is 0 Å². The van der Waals surface area contributed by atoms with E-state index in [1.165, 1.54) is 11.0 Å². The number of ether oxygens (including phenoxy) is 3. The van der Waals surface area contributed by atoms with Gasteiger partial charge in [0, 0.05) is 44.2 Å². The van der Waals surface area contributed by atoms with Crippen LogP contribution in [0, 0.1) is 11.6 Å². The maximum atomic E-state index is 14.2. The van der Waals surface area contributed by atoms with Crippen LogP contribution in [0.15, 0.2) is 42.5 Å². The van der Waals surface area contributed by atoms with E-state index >= 15 is 0 Å². The molecule has 0 spiro atoms. The minimum atomic E-state index is -4.29. The Hall–Kier alpha value is -3.45. The van der Waals surface area contributed by atoms with E-state index in [2.05, 4.69) is 5.32 Å². The molecule has 0 radical (unpaired) electrons. The Labute approximate surface area is 229 Å². The van der Waals surface area contributed by atoms with Gasteiger partial charge in [-0.15, -0.1) is 0 Å². The van der Waals surface area contributed by atoms with Crippen LogP contribution in [0.25, 0.3) is 0 Å². The Morgan fingerprint density at radius 2 is 1.77 bits per heavy atom. The summed E-state index contributed by atoms with van der Waals surface area (Å²) in [7, 11) is 0. The van der Waals surface area contributed by atoms with Crippen molar-refractivity contribution in [1.29, 1.82) is 0 Å². The highest BCUT2D eigenvalue weighted by Gasteiger charge is 2.26. The lowest BCUT2D eigenvalue weighted by Crippen LogP contribution is -2.42. The fourth-order valence-corrected chi connectivity index (χ4v) is 3.55. The van der Waals surface area contributed by atoms with Crippen molar-refractivity contribution in [2.75, 3.05) is 39.5 Å². The first-order valence-corrected chi connectivity index (χ1v) is 12.7. The highest BCUT2D eigenvalue weighted by atomic mass is 19.4. The van der Waals surface area contributed by atoms with Gasteiger partial charge < -0.3 is 29.5 Å². The number of benzene rings is 2. The molecule has 222 valence electrons. The number of carbonyl (C=O) groups excluding carboxylic acids is 1. The maximum Gasteiger partial charge on any atom is 0.389 e. The summed E-state index contributed by atoms with van der Waals surface area (Å²) in [5.41, 5.74) is 0.797. The molecule has 0 saturated heterocycles. The van der Waals surface area contributed by atoms with Gasteiger partial charge in [-0.25, -0.2) is 18.4 Å². The lowest BCUT2D eigenvalue weighted by molar-refractivity contribution is -0.150. The zero-order valence-corrected chi connectivity index (χ0v) is 22.0. The molecule has 8 nitrogen and oxygen atoms in total. The number of carboxylic acids is 1. The lowest BCUT2D eigenvalue weighted by atomic mass is 10.1. The molecule has 0 aliphatic heterocycles. The van der Waals surface area contributed by atoms with Gasteiger partial charge in [0.15, 0.2) is 6.10 Å². The maximum absolute atomic E-state index is 14.2. The molecule has 0 aromatic heterocycles. The molecule has 2 aromatic carbocycles. The van der Waals surface area contributed by atoms with E-state index in [1.807, 2.05) is 0 Å². The SMILES string of the molecule is CCOC(Cc1ccc(OCCNC(=O)N(CCOCCCC(F)(F)F)Cc2ccc(F)cc2F)cc1)C(=O)O. The Morgan fingerprint density at radius 1 is 1.05 bits per heavy atom. The number of hydrogen-bond donors (Lipinski definition) is 2. The van der Waals surface area contributed by atoms with Crippen LogP contribution in [-0.2, 0) is 27.2 Å². The van der Waals surface area contributed by atoms with Crippen LogP contribution in [0.3, 0.4) is 0 Å². The fraction of sp³-hybridized carbons (Fsp3) is 0.481. The fourth-order valence-electron chi connectivity index (χ4n) is 3.55. The van der Waals surface area contributed by atoms with E-state index in [0.29, 0.717) is 11.8 Å². The van der Waals surface area contributed by atoms with Gasteiger partial charge >= 0.3 is 18.2 Å². The second-order valence-corrected chi connectivity index (χ2v) is 8.70. The quantitative estimate of drug-likeness (QED) is 0.205. The average Bonchev–Trinajstić information content (AvgIpc) is 2.89. The Balaban J connectivity index is 1.85.